The summed E-state index contributed by atoms with van der Waals surface area (Å²) in [5, 5.41) is 7.64. The van der Waals surface area contributed by atoms with E-state index in [0.717, 1.165) is 24.2 Å². The van der Waals surface area contributed by atoms with Gasteiger partial charge in [-0.3, -0.25) is 10.4 Å². The summed E-state index contributed by atoms with van der Waals surface area (Å²) in [5.41, 5.74) is 7.46. The van der Waals surface area contributed by atoms with E-state index in [9.17, 15) is 0 Å². The van der Waals surface area contributed by atoms with Gasteiger partial charge in [0.15, 0.2) is 0 Å². The number of amidine groups is 1. The highest BCUT2D eigenvalue weighted by Crippen LogP contribution is 2.28. The van der Waals surface area contributed by atoms with Crippen LogP contribution in [0.25, 0.3) is 0 Å². The van der Waals surface area contributed by atoms with E-state index in [2.05, 4.69) is 16.8 Å². The van der Waals surface area contributed by atoms with Crippen LogP contribution < -0.4 is 10.6 Å². The number of hydrogen-bond acceptors (Lipinski definition) is 3. The third kappa shape index (κ3) is 2.40. The van der Waals surface area contributed by atoms with Crippen molar-refractivity contribution in [3.05, 3.63) is 24.0 Å². The quantitative estimate of drug-likeness (QED) is 0.620. The van der Waals surface area contributed by atoms with Crippen LogP contribution in [0.4, 0.5) is 5.69 Å². The fourth-order valence-corrected chi connectivity index (χ4v) is 2.58. The first-order chi connectivity index (χ1) is 8.24. The first kappa shape index (κ1) is 11.9. The van der Waals surface area contributed by atoms with Gasteiger partial charge in [0.25, 0.3) is 0 Å². The fourth-order valence-electron chi connectivity index (χ4n) is 2.58. The number of pyridine rings is 1. The molecule has 1 aromatic heterocycles. The molecular weight excluding hydrogens is 212 g/mol. The lowest BCUT2D eigenvalue weighted by atomic mass is 9.98. The maximum Gasteiger partial charge on any atom is 0.125 e. The molecule has 0 aromatic carbocycles. The summed E-state index contributed by atoms with van der Waals surface area (Å²) in [4.78, 5) is 6.55. The maximum absolute atomic E-state index is 7.64. The summed E-state index contributed by atoms with van der Waals surface area (Å²) < 4.78 is 0. The highest BCUT2D eigenvalue weighted by Gasteiger charge is 2.23. The molecule has 1 aliphatic rings. The summed E-state index contributed by atoms with van der Waals surface area (Å²) in [5.74, 6) is 0.128. The Morgan fingerprint density at radius 1 is 1.59 bits per heavy atom. The highest BCUT2D eigenvalue weighted by molar-refractivity contribution is 6.00. The largest absolute Gasteiger partial charge is 0.384 e. The van der Waals surface area contributed by atoms with Crippen LogP contribution in [0, 0.1) is 5.41 Å². The van der Waals surface area contributed by atoms with Gasteiger partial charge in [-0.2, -0.15) is 0 Å². The van der Waals surface area contributed by atoms with Gasteiger partial charge in [0.2, 0.25) is 0 Å². The fraction of sp³-hybridized carbons (Fsp3) is 0.538. The van der Waals surface area contributed by atoms with Gasteiger partial charge in [-0.15, -0.1) is 0 Å². The molecular formula is C13H20N4. The molecule has 0 radical (unpaired) electrons. The standard InChI is InChI=1S/C13H20N4/c1-2-10-5-3-4-8-17(10)12-9-16-7-6-11(12)13(14)15/h6-7,9-10H,2-5,8H2,1H3,(H3,14,15). The van der Waals surface area contributed by atoms with Crippen molar-refractivity contribution in [2.45, 2.75) is 38.6 Å². The van der Waals surface area contributed by atoms with Crippen molar-refractivity contribution in [3.63, 3.8) is 0 Å². The SMILES string of the molecule is CCC1CCCCN1c1cnccc1C(=N)N. The van der Waals surface area contributed by atoms with Crippen molar-refractivity contribution < 1.29 is 0 Å². The highest BCUT2D eigenvalue weighted by atomic mass is 15.2. The van der Waals surface area contributed by atoms with Crippen molar-refractivity contribution >= 4 is 11.5 Å². The number of nitrogens with one attached hydrogen (secondary N) is 1. The van der Waals surface area contributed by atoms with Gasteiger partial charge in [0.05, 0.1) is 11.9 Å². The van der Waals surface area contributed by atoms with Crippen molar-refractivity contribution in [2.75, 3.05) is 11.4 Å². The number of anilines is 1. The minimum atomic E-state index is 0.128. The molecule has 1 fully saturated rings. The topological polar surface area (TPSA) is 66.0 Å². The van der Waals surface area contributed by atoms with Crippen LogP contribution in [0.5, 0.6) is 0 Å². The number of nitrogen functional groups attached to an aromatic ring is 1. The van der Waals surface area contributed by atoms with E-state index in [4.69, 9.17) is 11.1 Å². The zero-order chi connectivity index (χ0) is 12.3. The van der Waals surface area contributed by atoms with E-state index in [1.165, 1.54) is 19.3 Å². The number of piperidine rings is 1. The molecule has 0 saturated carbocycles. The molecule has 0 amide bonds. The molecule has 1 unspecified atom stereocenters. The normalized spacial score (nSPS) is 20.3. The predicted octanol–water partition coefficient (Wildman–Crippen LogP) is 2.13. The molecule has 0 aliphatic carbocycles. The average molecular weight is 232 g/mol. The molecule has 2 rings (SSSR count). The molecule has 4 nitrogen and oxygen atoms in total. The molecule has 3 N–H and O–H groups in total. The zero-order valence-corrected chi connectivity index (χ0v) is 10.3. The molecule has 2 heterocycles. The predicted molar refractivity (Wildman–Crippen MR) is 70.5 cm³/mol. The Hall–Kier alpha value is -1.58. The summed E-state index contributed by atoms with van der Waals surface area (Å²) in [6, 6.07) is 2.39. The van der Waals surface area contributed by atoms with Gasteiger partial charge in [-0.25, -0.2) is 0 Å². The number of aromatic nitrogens is 1. The van der Waals surface area contributed by atoms with E-state index in [-0.39, 0.29) is 5.84 Å². The van der Waals surface area contributed by atoms with Crippen molar-refractivity contribution in [1.29, 1.82) is 5.41 Å². The molecule has 1 aliphatic heterocycles. The van der Waals surface area contributed by atoms with E-state index >= 15 is 0 Å². The second-order valence-electron chi connectivity index (χ2n) is 4.56. The Morgan fingerprint density at radius 2 is 2.41 bits per heavy atom. The molecule has 1 aromatic rings. The van der Waals surface area contributed by atoms with Gasteiger partial charge < -0.3 is 10.6 Å². The maximum atomic E-state index is 7.64. The van der Waals surface area contributed by atoms with E-state index < -0.39 is 0 Å². The Morgan fingerprint density at radius 3 is 3.12 bits per heavy atom. The third-order valence-electron chi connectivity index (χ3n) is 3.50. The van der Waals surface area contributed by atoms with E-state index in [0.29, 0.717) is 6.04 Å². The first-order valence-electron chi connectivity index (χ1n) is 6.29. The van der Waals surface area contributed by atoms with Crippen LogP contribution in [-0.4, -0.2) is 23.4 Å². The summed E-state index contributed by atoms with van der Waals surface area (Å²) in [6.45, 7) is 3.26. The second-order valence-corrected chi connectivity index (χ2v) is 4.56. The smallest absolute Gasteiger partial charge is 0.125 e. The monoisotopic (exact) mass is 232 g/mol. The van der Waals surface area contributed by atoms with Crippen molar-refractivity contribution in [1.82, 2.24) is 4.98 Å². The number of rotatable bonds is 3. The lowest BCUT2D eigenvalue weighted by molar-refractivity contribution is 0.449. The Balaban J connectivity index is 2.34. The lowest BCUT2D eigenvalue weighted by Gasteiger charge is -2.37. The van der Waals surface area contributed by atoms with E-state index in [1.807, 2.05) is 12.3 Å². The summed E-state index contributed by atoms with van der Waals surface area (Å²) >= 11 is 0. The Kier molecular flexibility index (Phi) is 3.61. The zero-order valence-electron chi connectivity index (χ0n) is 10.3. The van der Waals surface area contributed by atoms with Gasteiger partial charge >= 0.3 is 0 Å². The first-order valence-corrected chi connectivity index (χ1v) is 6.29. The molecule has 0 spiro atoms. The van der Waals surface area contributed by atoms with Crippen LogP contribution >= 0.6 is 0 Å². The summed E-state index contributed by atoms with van der Waals surface area (Å²) in [6.07, 6.45) is 8.40. The van der Waals surface area contributed by atoms with Crippen LogP contribution in [0.3, 0.4) is 0 Å². The molecule has 92 valence electrons. The number of nitrogens with two attached hydrogens (primary N) is 1. The van der Waals surface area contributed by atoms with Crippen LogP contribution in [0.15, 0.2) is 18.5 Å². The van der Waals surface area contributed by atoms with Crippen LogP contribution in [0.1, 0.15) is 38.2 Å². The molecule has 17 heavy (non-hydrogen) atoms. The van der Waals surface area contributed by atoms with Crippen molar-refractivity contribution in [2.24, 2.45) is 5.73 Å². The van der Waals surface area contributed by atoms with Crippen molar-refractivity contribution in [3.8, 4) is 0 Å². The Labute approximate surface area is 102 Å². The van der Waals surface area contributed by atoms with E-state index in [1.54, 1.807) is 6.20 Å². The second kappa shape index (κ2) is 5.17. The Bertz CT molecular complexity index is 402. The number of hydrogen-bond donors (Lipinski definition) is 2. The molecule has 4 heteroatoms. The third-order valence-corrected chi connectivity index (χ3v) is 3.50. The van der Waals surface area contributed by atoms with Crippen LogP contribution in [0.2, 0.25) is 0 Å². The average Bonchev–Trinajstić information content (AvgIpc) is 2.38. The van der Waals surface area contributed by atoms with Gasteiger partial charge in [0, 0.05) is 24.3 Å². The van der Waals surface area contributed by atoms with Gasteiger partial charge in [0.1, 0.15) is 5.84 Å². The molecule has 1 saturated heterocycles. The summed E-state index contributed by atoms with van der Waals surface area (Å²) in [7, 11) is 0. The molecule has 1 atom stereocenters. The van der Waals surface area contributed by atoms with Crippen LogP contribution in [-0.2, 0) is 0 Å². The van der Waals surface area contributed by atoms with Gasteiger partial charge in [-0.1, -0.05) is 6.92 Å². The lowest BCUT2D eigenvalue weighted by Crippen LogP contribution is -2.40. The minimum absolute atomic E-state index is 0.128. The van der Waals surface area contributed by atoms with Gasteiger partial charge in [-0.05, 0) is 31.7 Å². The molecule has 0 bridgehead atoms. The minimum Gasteiger partial charge on any atom is -0.384 e. The number of nitrogens with zero attached hydrogens (tertiary/aromatic N) is 2.